The topological polar surface area (TPSA) is 75.9 Å². The minimum Gasteiger partial charge on any atom is -0.354 e. The molecule has 0 bridgehead atoms. The molecule has 1 atom stereocenters. The lowest BCUT2D eigenvalue weighted by atomic mass is 10.0. The molecule has 0 aliphatic carbocycles. The number of imidazole rings is 1. The lowest BCUT2D eigenvalue weighted by Crippen LogP contribution is -2.43. The molecule has 7 heteroatoms. The number of hydrogen-bond acceptors (Lipinski definition) is 5. The van der Waals surface area contributed by atoms with E-state index in [4.69, 9.17) is 9.97 Å². The summed E-state index contributed by atoms with van der Waals surface area (Å²) in [5.74, 6) is 0.672. The normalized spacial score (nSPS) is 15.1. The molecule has 1 amide bonds. The summed E-state index contributed by atoms with van der Waals surface area (Å²) >= 11 is 0. The summed E-state index contributed by atoms with van der Waals surface area (Å²) in [6, 6.07) is 1.68. The van der Waals surface area contributed by atoms with Gasteiger partial charge in [-0.25, -0.2) is 15.0 Å². The lowest BCUT2D eigenvalue weighted by Gasteiger charge is -2.33. The van der Waals surface area contributed by atoms with Crippen LogP contribution in [-0.4, -0.2) is 50.0 Å². The average Bonchev–Trinajstić information content (AvgIpc) is 3.46. The molecule has 1 saturated heterocycles. The molecule has 1 N–H and O–H groups in total. The van der Waals surface area contributed by atoms with E-state index in [0.29, 0.717) is 5.95 Å². The highest BCUT2D eigenvalue weighted by Crippen LogP contribution is 2.25. The summed E-state index contributed by atoms with van der Waals surface area (Å²) in [5.41, 5.74) is 1.79. The van der Waals surface area contributed by atoms with Gasteiger partial charge in [0.15, 0.2) is 0 Å². The highest BCUT2D eigenvalue weighted by atomic mass is 16.2. The zero-order valence-corrected chi connectivity index (χ0v) is 23.5. The first-order valence-corrected chi connectivity index (χ1v) is 15.1. The van der Waals surface area contributed by atoms with Crippen molar-refractivity contribution < 1.29 is 4.79 Å². The number of carbonyl (C=O) groups excluding carboxylic acids is 1. The SMILES string of the molecule is CCCCCCCCCCCCCNC(=O)C(c1cc(CCC)nc(-n2ccnc2)n1)N1CCCCC1. The van der Waals surface area contributed by atoms with E-state index >= 15 is 0 Å². The number of likely N-dealkylation sites (tertiary alicyclic amines) is 1. The van der Waals surface area contributed by atoms with Crippen molar-refractivity contribution in [3.63, 3.8) is 0 Å². The highest BCUT2D eigenvalue weighted by molar-refractivity contribution is 5.82. The van der Waals surface area contributed by atoms with Crippen LogP contribution in [0.25, 0.3) is 5.95 Å². The molecule has 1 unspecified atom stereocenters. The molecular weight excluding hydrogens is 460 g/mol. The van der Waals surface area contributed by atoms with Crippen LogP contribution in [0.2, 0.25) is 0 Å². The third-order valence-corrected chi connectivity index (χ3v) is 7.39. The maximum absolute atomic E-state index is 13.6. The Labute approximate surface area is 224 Å². The fraction of sp³-hybridized carbons (Fsp3) is 0.733. The highest BCUT2D eigenvalue weighted by Gasteiger charge is 2.30. The second-order valence-corrected chi connectivity index (χ2v) is 10.6. The Balaban J connectivity index is 1.53. The number of rotatable bonds is 18. The van der Waals surface area contributed by atoms with Gasteiger partial charge in [0.25, 0.3) is 0 Å². The van der Waals surface area contributed by atoms with Gasteiger partial charge in [0.05, 0.1) is 5.69 Å². The Morgan fingerprint density at radius 1 is 0.892 bits per heavy atom. The monoisotopic (exact) mass is 510 g/mol. The molecule has 0 saturated carbocycles. The molecule has 2 aromatic rings. The summed E-state index contributed by atoms with van der Waals surface area (Å²) in [7, 11) is 0. The van der Waals surface area contributed by atoms with E-state index in [9.17, 15) is 4.79 Å². The summed E-state index contributed by atoms with van der Waals surface area (Å²) in [6.45, 7) is 7.03. The van der Waals surface area contributed by atoms with E-state index in [-0.39, 0.29) is 11.9 Å². The van der Waals surface area contributed by atoms with Gasteiger partial charge in [0, 0.05) is 24.6 Å². The molecular formula is C30H50N6O. The molecule has 1 aliphatic rings. The van der Waals surface area contributed by atoms with Crippen LogP contribution >= 0.6 is 0 Å². The van der Waals surface area contributed by atoms with Crippen molar-refractivity contribution in [2.24, 2.45) is 0 Å². The molecule has 206 valence electrons. The number of aryl methyl sites for hydroxylation is 1. The molecule has 0 aromatic carbocycles. The second-order valence-electron chi connectivity index (χ2n) is 10.6. The number of unbranched alkanes of at least 4 members (excludes halogenated alkanes) is 10. The average molecular weight is 511 g/mol. The fourth-order valence-electron chi connectivity index (χ4n) is 5.28. The zero-order chi connectivity index (χ0) is 26.1. The van der Waals surface area contributed by atoms with Crippen LogP contribution in [-0.2, 0) is 11.2 Å². The van der Waals surface area contributed by atoms with Crippen LogP contribution < -0.4 is 5.32 Å². The Kier molecular flexibility index (Phi) is 13.7. The zero-order valence-electron chi connectivity index (χ0n) is 23.5. The molecule has 0 radical (unpaired) electrons. The Morgan fingerprint density at radius 2 is 1.57 bits per heavy atom. The largest absolute Gasteiger partial charge is 0.354 e. The minimum absolute atomic E-state index is 0.0757. The number of nitrogens with one attached hydrogen (secondary N) is 1. The smallest absolute Gasteiger partial charge is 0.243 e. The summed E-state index contributed by atoms with van der Waals surface area (Å²) in [4.78, 5) is 29.7. The first kappa shape index (κ1) is 29.3. The van der Waals surface area contributed by atoms with Gasteiger partial charge in [-0.1, -0.05) is 90.9 Å². The van der Waals surface area contributed by atoms with E-state index in [1.165, 1.54) is 70.6 Å². The van der Waals surface area contributed by atoms with E-state index in [1.807, 2.05) is 16.8 Å². The molecule has 1 aliphatic heterocycles. The third-order valence-electron chi connectivity index (χ3n) is 7.39. The van der Waals surface area contributed by atoms with Crippen LogP contribution in [0.3, 0.4) is 0 Å². The molecule has 37 heavy (non-hydrogen) atoms. The van der Waals surface area contributed by atoms with Crippen LogP contribution in [0, 0.1) is 0 Å². The third kappa shape index (κ3) is 10.2. The number of aromatic nitrogens is 4. The maximum atomic E-state index is 13.6. The number of nitrogens with zero attached hydrogens (tertiary/aromatic N) is 5. The predicted octanol–water partition coefficient (Wildman–Crippen LogP) is 6.57. The van der Waals surface area contributed by atoms with Gasteiger partial charge >= 0.3 is 0 Å². The molecule has 3 heterocycles. The number of amides is 1. The number of piperidine rings is 1. The van der Waals surface area contributed by atoms with Crippen LogP contribution in [0.4, 0.5) is 0 Å². The van der Waals surface area contributed by atoms with E-state index in [2.05, 4.69) is 29.0 Å². The van der Waals surface area contributed by atoms with Crippen molar-refractivity contribution in [2.75, 3.05) is 19.6 Å². The van der Waals surface area contributed by atoms with Crippen molar-refractivity contribution >= 4 is 5.91 Å². The van der Waals surface area contributed by atoms with E-state index < -0.39 is 0 Å². The Morgan fingerprint density at radius 3 is 2.19 bits per heavy atom. The van der Waals surface area contributed by atoms with Crippen molar-refractivity contribution in [1.29, 1.82) is 0 Å². The van der Waals surface area contributed by atoms with Gasteiger partial charge in [-0.3, -0.25) is 14.3 Å². The van der Waals surface area contributed by atoms with Gasteiger partial charge in [-0.15, -0.1) is 0 Å². The first-order chi connectivity index (χ1) is 18.2. The quantitative estimate of drug-likeness (QED) is 0.230. The second kappa shape index (κ2) is 17.3. The summed E-state index contributed by atoms with van der Waals surface area (Å²) in [6.07, 6.45) is 25.1. The van der Waals surface area contributed by atoms with Gasteiger partial charge in [-0.2, -0.15) is 0 Å². The summed E-state index contributed by atoms with van der Waals surface area (Å²) in [5, 5.41) is 3.25. The van der Waals surface area contributed by atoms with Crippen molar-refractivity contribution in [1.82, 2.24) is 29.7 Å². The molecule has 0 spiro atoms. The molecule has 1 fully saturated rings. The first-order valence-electron chi connectivity index (χ1n) is 15.1. The van der Waals surface area contributed by atoms with Crippen molar-refractivity contribution in [3.05, 3.63) is 36.2 Å². The van der Waals surface area contributed by atoms with Crippen molar-refractivity contribution in [2.45, 2.75) is 123 Å². The Hall–Kier alpha value is -2.28. The predicted molar refractivity (Wildman–Crippen MR) is 151 cm³/mol. The maximum Gasteiger partial charge on any atom is 0.243 e. The molecule has 3 rings (SSSR count). The Bertz CT molecular complexity index is 878. The van der Waals surface area contributed by atoms with Crippen LogP contribution in [0.5, 0.6) is 0 Å². The number of hydrogen-bond donors (Lipinski definition) is 1. The van der Waals surface area contributed by atoms with E-state index in [1.54, 1.807) is 12.5 Å². The van der Waals surface area contributed by atoms with Gasteiger partial charge in [-0.05, 0) is 44.8 Å². The number of carbonyl (C=O) groups is 1. The summed E-state index contributed by atoms with van der Waals surface area (Å²) < 4.78 is 1.83. The fourth-order valence-corrected chi connectivity index (χ4v) is 5.28. The minimum atomic E-state index is -0.367. The van der Waals surface area contributed by atoms with Crippen molar-refractivity contribution in [3.8, 4) is 5.95 Å². The van der Waals surface area contributed by atoms with Gasteiger partial charge in [0.2, 0.25) is 11.9 Å². The van der Waals surface area contributed by atoms with Gasteiger partial charge in [0.1, 0.15) is 12.4 Å². The molecule has 2 aromatic heterocycles. The molecule has 7 nitrogen and oxygen atoms in total. The van der Waals surface area contributed by atoms with Gasteiger partial charge < -0.3 is 5.32 Å². The van der Waals surface area contributed by atoms with E-state index in [0.717, 1.165) is 63.1 Å². The van der Waals surface area contributed by atoms with Crippen LogP contribution in [0.1, 0.15) is 128 Å². The van der Waals surface area contributed by atoms with Crippen LogP contribution in [0.15, 0.2) is 24.8 Å². The standard InChI is InChI=1S/C30H50N6O/c1-3-5-6-7-8-9-10-11-12-13-15-19-32-29(37)28(35-21-16-14-17-22-35)27-24-26(18-4-2)33-30(34-27)36-23-20-31-25-36/h20,23-25,28H,3-19,21-22H2,1-2H3,(H,32,37). The lowest BCUT2D eigenvalue weighted by molar-refractivity contribution is -0.127.